The van der Waals surface area contributed by atoms with Crippen molar-refractivity contribution in [3.63, 3.8) is 0 Å². The fourth-order valence-corrected chi connectivity index (χ4v) is 3.91. The van der Waals surface area contributed by atoms with Gasteiger partial charge in [-0.15, -0.1) is 11.3 Å². The lowest BCUT2D eigenvalue weighted by Crippen LogP contribution is -2.22. The highest BCUT2D eigenvalue weighted by molar-refractivity contribution is 7.15. The summed E-state index contributed by atoms with van der Waals surface area (Å²) in [5.74, 6) is -0.663. The second kappa shape index (κ2) is 8.08. The number of nitrogens with one attached hydrogen (secondary N) is 1. The van der Waals surface area contributed by atoms with Crippen LogP contribution < -0.4 is 5.32 Å². The summed E-state index contributed by atoms with van der Waals surface area (Å²) in [6.45, 7) is 0. The first kappa shape index (κ1) is 19.8. The van der Waals surface area contributed by atoms with Crippen LogP contribution in [0.15, 0.2) is 60.1 Å². The van der Waals surface area contributed by atoms with E-state index >= 15 is 0 Å². The predicted molar refractivity (Wildman–Crippen MR) is 115 cm³/mol. The number of hydrogen-bond donors (Lipinski definition) is 1. The Hall–Kier alpha value is -3.52. The molecule has 0 aliphatic rings. The van der Waals surface area contributed by atoms with Gasteiger partial charge in [-0.2, -0.15) is 0 Å². The van der Waals surface area contributed by atoms with E-state index < -0.39 is 0 Å². The number of nitrogens with zero attached hydrogens (tertiary/aromatic N) is 3. The molecule has 0 fully saturated rings. The van der Waals surface area contributed by atoms with E-state index in [0.717, 1.165) is 16.2 Å². The summed E-state index contributed by atoms with van der Waals surface area (Å²) in [7, 11) is 3.43. The third-order valence-corrected chi connectivity index (χ3v) is 5.39. The van der Waals surface area contributed by atoms with Gasteiger partial charge in [0.25, 0.3) is 5.91 Å². The Labute approximate surface area is 176 Å². The second-order valence-electron chi connectivity index (χ2n) is 7.03. The van der Waals surface area contributed by atoms with Crippen molar-refractivity contribution in [1.82, 2.24) is 14.3 Å². The van der Waals surface area contributed by atoms with E-state index in [0.29, 0.717) is 16.9 Å². The zero-order chi connectivity index (χ0) is 21.3. The molecule has 4 rings (SSSR count). The van der Waals surface area contributed by atoms with Crippen LogP contribution in [0.2, 0.25) is 0 Å². The minimum Gasteiger partial charge on any atom is -0.343 e. The molecule has 152 valence electrons. The quantitative estimate of drug-likeness (QED) is 0.527. The van der Waals surface area contributed by atoms with Gasteiger partial charge in [0.05, 0.1) is 12.1 Å². The number of fused-ring (bicyclic) bond motifs is 1. The van der Waals surface area contributed by atoms with Gasteiger partial charge in [0.15, 0.2) is 4.96 Å². The molecule has 0 spiro atoms. The van der Waals surface area contributed by atoms with Crippen LogP contribution in [0.1, 0.15) is 16.1 Å². The van der Waals surface area contributed by atoms with Crippen LogP contribution in [0, 0.1) is 5.82 Å². The van der Waals surface area contributed by atoms with Crippen molar-refractivity contribution >= 4 is 33.8 Å². The molecule has 2 amide bonds. The first-order chi connectivity index (χ1) is 14.4. The van der Waals surface area contributed by atoms with E-state index in [9.17, 15) is 14.0 Å². The largest absolute Gasteiger partial charge is 0.343 e. The monoisotopic (exact) mass is 422 g/mol. The fraction of sp³-hybridized carbons (Fsp3) is 0.136. The van der Waals surface area contributed by atoms with Crippen molar-refractivity contribution in [1.29, 1.82) is 0 Å². The Morgan fingerprint density at radius 2 is 1.93 bits per heavy atom. The maximum absolute atomic E-state index is 13.3. The summed E-state index contributed by atoms with van der Waals surface area (Å²) in [6.07, 6.45) is 1.93. The third-order valence-electron chi connectivity index (χ3n) is 4.55. The number of halogens is 1. The molecule has 0 radical (unpaired) electrons. The molecule has 0 unspecified atom stereocenters. The number of hydrogen-bond acceptors (Lipinski definition) is 4. The number of thiazole rings is 1. The van der Waals surface area contributed by atoms with Crippen LogP contribution in [0.4, 0.5) is 10.1 Å². The van der Waals surface area contributed by atoms with Gasteiger partial charge in [-0.1, -0.05) is 24.3 Å². The Kier molecular flexibility index (Phi) is 5.33. The van der Waals surface area contributed by atoms with E-state index in [1.54, 1.807) is 48.1 Å². The predicted octanol–water partition coefficient (Wildman–Crippen LogP) is 4.08. The molecule has 0 aliphatic carbocycles. The third kappa shape index (κ3) is 4.08. The van der Waals surface area contributed by atoms with Crippen LogP contribution >= 0.6 is 11.3 Å². The molecule has 30 heavy (non-hydrogen) atoms. The van der Waals surface area contributed by atoms with Gasteiger partial charge in [-0.3, -0.25) is 14.0 Å². The second-order valence-corrected chi connectivity index (χ2v) is 7.87. The van der Waals surface area contributed by atoms with Gasteiger partial charge in [0.1, 0.15) is 11.5 Å². The SMILES string of the molecule is CN(C)C(=O)c1csc2nc(-c3ccc(NC(=O)Cc4cccc(F)c4)cc3)cn12. The lowest BCUT2D eigenvalue weighted by atomic mass is 10.1. The molecule has 1 N–H and O–H groups in total. The molecule has 0 saturated heterocycles. The lowest BCUT2D eigenvalue weighted by Gasteiger charge is -2.08. The summed E-state index contributed by atoms with van der Waals surface area (Å²) in [5.41, 5.74) is 3.44. The molecule has 2 aromatic carbocycles. The van der Waals surface area contributed by atoms with Gasteiger partial charge in [-0.25, -0.2) is 9.37 Å². The number of carbonyl (C=O) groups excluding carboxylic acids is 2. The number of imidazole rings is 1. The highest BCUT2D eigenvalue weighted by Gasteiger charge is 2.16. The Balaban J connectivity index is 1.48. The van der Waals surface area contributed by atoms with Crippen LogP contribution in [0.5, 0.6) is 0 Å². The summed E-state index contributed by atoms with van der Waals surface area (Å²) in [5, 5.41) is 4.61. The van der Waals surface area contributed by atoms with Crippen molar-refractivity contribution in [2.24, 2.45) is 0 Å². The average Bonchev–Trinajstić information content (AvgIpc) is 3.28. The number of benzene rings is 2. The number of amides is 2. The van der Waals surface area contributed by atoms with Crippen LogP contribution in [0.25, 0.3) is 16.2 Å². The highest BCUT2D eigenvalue weighted by atomic mass is 32.1. The normalized spacial score (nSPS) is 10.9. The maximum atomic E-state index is 13.3. The fourth-order valence-electron chi connectivity index (χ4n) is 3.07. The summed E-state index contributed by atoms with van der Waals surface area (Å²) in [6, 6.07) is 13.3. The highest BCUT2D eigenvalue weighted by Crippen LogP contribution is 2.25. The summed E-state index contributed by atoms with van der Waals surface area (Å²) < 4.78 is 15.0. The van der Waals surface area contributed by atoms with Crippen LogP contribution in [-0.2, 0) is 11.2 Å². The van der Waals surface area contributed by atoms with E-state index in [-0.39, 0.29) is 24.1 Å². The summed E-state index contributed by atoms with van der Waals surface area (Å²) >= 11 is 1.41. The number of rotatable bonds is 5. The average molecular weight is 422 g/mol. The Bertz CT molecular complexity index is 1230. The molecule has 2 aromatic heterocycles. The Morgan fingerprint density at radius 1 is 1.17 bits per heavy atom. The number of carbonyl (C=O) groups is 2. The van der Waals surface area contributed by atoms with Gasteiger partial charge in [0, 0.05) is 36.9 Å². The van der Waals surface area contributed by atoms with Gasteiger partial charge in [-0.05, 0) is 29.8 Å². The molecule has 4 aromatic rings. The molecule has 0 bridgehead atoms. The molecule has 0 atom stereocenters. The van der Waals surface area contributed by atoms with Crippen molar-refractivity contribution in [2.75, 3.05) is 19.4 Å². The number of aromatic nitrogens is 2. The lowest BCUT2D eigenvalue weighted by molar-refractivity contribution is -0.115. The molecule has 2 heterocycles. The minimum absolute atomic E-state index is 0.0819. The van der Waals surface area contributed by atoms with Gasteiger partial charge in [0.2, 0.25) is 5.91 Å². The van der Waals surface area contributed by atoms with E-state index in [2.05, 4.69) is 10.3 Å². The zero-order valence-corrected chi connectivity index (χ0v) is 17.2. The molecular weight excluding hydrogens is 403 g/mol. The zero-order valence-electron chi connectivity index (χ0n) is 16.4. The number of anilines is 1. The maximum Gasteiger partial charge on any atom is 0.271 e. The van der Waals surface area contributed by atoms with Gasteiger partial charge < -0.3 is 10.2 Å². The van der Waals surface area contributed by atoms with Crippen molar-refractivity contribution in [2.45, 2.75) is 6.42 Å². The summed E-state index contributed by atoms with van der Waals surface area (Å²) in [4.78, 5) is 31.3. The molecule has 6 nitrogen and oxygen atoms in total. The van der Waals surface area contributed by atoms with Crippen molar-refractivity contribution < 1.29 is 14.0 Å². The van der Waals surface area contributed by atoms with E-state index in [1.807, 2.05) is 18.3 Å². The van der Waals surface area contributed by atoms with Gasteiger partial charge >= 0.3 is 0 Å². The standard InChI is InChI=1S/C22H19FN4O2S/c1-26(2)21(29)19-13-30-22-25-18(12-27(19)22)15-6-8-17(9-7-15)24-20(28)11-14-4-3-5-16(23)10-14/h3-10,12-13H,11H2,1-2H3,(H,24,28). The topological polar surface area (TPSA) is 66.7 Å². The molecule has 0 aliphatic heterocycles. The van der Waals surface area contributed by atoms with Crippen LogP contribution in [-0.4, -0.2) is 40.2 Å². The van der Waals surface area contributed by atoms with Crippen LogP contribution in [0.3, 0.4) is 0 Å². The molecular formula is C22H19FN4O2S. The Morgan fingerprint density at radius 3 is 2.63 bits per heavy atom. The minimum atomic E-state index is -0.361. The smallest absolute Gasteiger partial charge is 0.271 e. The molecule has 8 heteroatoms. The van der Waals surface area contributed by atoms with E-state index in [4.69, 9.17) is 0 Å². The molecule has 0 saturated carbocycles. The van der Waals surface area contributed by atoms with E-state index in [1.165, 1.54) is 28.4 Å². The van der Waals surface area contributed by atoms with Crippen molar-refractivity contribution in [3.8, 4) is 11.3 Å². The first-order valence-corrected chi connectivity index (χ1v) is 10.1. The van der Waals surface area contributed by atoms with Crippen molar-refractivity contribution in [3.05, 3.63) is 77.2 Å². The first-order valence-electron chi connectivity index (χ1n) is 9.23.